The van der Waals surface area contributed by atoms with Gasteiger partial charge in [0.25, 0.3) is 0 Å². The van der Waals surface area contributed by atoms with Crippen molar-refractivity contribution in [1.29, 1.82) is 0 Å². The topological polar surface area (TPSA) is 119 Å². The Labute approximate surface area is 153 Å². The van der Waals surface area contributed by atoms with Crippen molar-refractivity contribution in [2.24, 2.45) is 17.2 Å². The van der Waals surface area contributed by atoms with Gasteiger partial charge >= 0.3 is 0 Å². The molecule has 0 aromatic heterocycles. The molecule has 0 unspecified atom stereocenters. The highest BCUT2D eigenvalue weighted by Crippen LogP contribution is 2.23. The molecule has 0 aliphatic carbocycles. The van der Waals surface area contributed by atoms with Gasteiger partial charge in [-0.2, -0.15) is 0 Å². The molecule has 6 nitrogen and oxygen atoms in total. The molecule has 7 N–H and O–H groups in total. The molecule has 0 saturated carbocycles. The van der Waals surface area contributed by atoms with Gasteiger partial charge in [0, 0.05) is 30.4 Å². The first-order chi connectivity index (χ1) is 12.4. The lowest BCUT2D eigenvalue weighted by molar-refractivity contribution is 0.112. The van der Waals surface area contributed by atoms with Gasteiger partial charge in [0.05, 0.1) is 5.70 Å². The van der Waals surface area contributed by atoms with Gasteiger partial charge in [0.15, 0.2) is 0 Å². The van der Waals surface area contributed by atoms with Crippen LogP contribution in [-0.2, 0) is 6.42 Å². The summed E-state index contributed by atoms with van der Waals surface area (Å²) < 4.78 is 0. The standard InChI is InChI=1S/C20H24N4O2/c1-24(11-10-14-6-8-15(13-25)9-7-14)18(20(22)23)12-17(21)16-4-2-3-5-19(16)26/h2-9,12-13,26H,10-11,21-23H2,1H3/b17-12-. The SMILES string of the molecule is CN(CCc1ccc(C=O)cc1)C(/C=C(\N)c1ccccc1O)=C(N)N. The number of aromatic hydroxyl groups is 1. The second kappa shape index (κ2) is 8.62. The molecule has 0 fully saturated rings. The first-order valence-corrected chi connectivity index (χ1v) is 8.18. The molecule has 0 saturated heterocycles. The van der Waals surface area contributed by atoms with Crippen LogP contribution in [0.1, 0.15) is 21.5 Å². The van der Waals surface area contributed by atoms with E-state index in [1.807, 2.05) is 24.1 Å². The van der Waals surface area contributed by atoms with Crippen LogP contribution in [0.3, 0.4) is 0 Å². The van der Waals surface area contributed by atoms with E-state index >= 15 is 0 Å². The number of benzene rings is 2. The monoisotopic (exact) mass is 352 g/mol. The third-order valence-corrected chi connectivity index (χ3v) is 4.07. The van der Waals surface area contributed by atoms with Crippen LogP contribution >= 0.6 is 0 Å². The molecule has 0 atom stereocenters. The number of carbonyl (C=O) groups excluding carboxylic acids is 1. The van der Waals surface area contributed by atoms with Gasteiger partial charge in [0.2, 0.25) is 0 Å². The lowest BCUT2D eigenvalue weighted by atomic mass is 10.1. The maximum Gasteiger partial charge on any atom is 0.150 e. The highest BCUT2D eigenvalue weighted by molar-refractivity contribution is 5.74. The number of hydrogen-bond donors (Lipinski definition) is 4. The molecular weight excluding hydrogens is 328 g/mol. The van der Waals surface area contributed by atoms with Crippen molar-refractivity contribution in [2.75, 3.05) is 13.6 Å². The number of para-hydroxylation sites is 1. The Morgan fingerprint density at radius 2 is 1.73 bits per heavy atom. The van der Waals surface area contributed by atoms with Crippen LogP contribution in [0.15, 0.2) is 66.1 Å². The van der Waals surface area contributed by atoms with Crippen LogP contribution < -0.4 is 17.2 Å². The molecule has 6 heteroatoms. The Kier molecular flexibility index (Phi) is 6.27. The first kappa shape index (κ1) is 18.9. The van der Waals surface area contributed by atoms with Crippen molar-refractivity contribution >= 4 is 12.0 Å². The minimum absolute atomic E-state index is 0.0918. The van der Waals surface area contributed by atoms with Crippen molar-refractivity contribution in [2.45, 2.75) is 6.42 Å². The van der Waals surface area contributed by atoms with Crippen LogP contribution in [0.4, 0.5) is 0 Å². The maximum atomic E-state index is 10.7. The van der Waals surface area contributed by atoms with Gasteiger partial charge in [-0.25, -0.2) is 0 Å². The molecule has 2 rings (SSSR count). The van der Waals surface area contributed by atoms with E-state index in [2.05, 4.69) is 0 Å². The first-order valence-electron chi connectivity index (χ1n) is 8.18. The quantitative estimate of drug-likeness (QED) is 0.445. The van der Waals surface area contributed by atoms with Crippen molar-refractivity contribution < 1.29 is 9.90 Å². The number of aldehydes is 1. The van der Waals surface area contributed by atoms with Crippen LogP contribution in [0.25, 0.3) is 5.70 Å². The van der Waals surface area contributed by atoms with Gasteiger partial charge in [-0.3, -0.25) is 4.79 Å². The molecule has 2 aromatic rings. The zero-order chi connectivity index (χ0) is 19.1. The summed E-state index contributed by atoms with van der Waals surface area (Å²) in [4.78, 5) is 12.6. The number of rotatable bonds is 7. The molecule has 0 radical (unpaired) electrons. The third kappa shape index (κ3) is 4.80. The Hall–Kier alpha value is -3.41. The predicted octanol–water partition coefficient (Wildman–Crippen LogP) is 1.77. The molecule has 0 amide bonds. The molecule has 26 heavy (non-hydrogen) atoms. The number of hydrogen-bond acceptors (Lipinski definition) is 6. The average molecular weight is 352 g/mol. The fourth-order valence-corrected chi connectivity index (χ4v) is 2.54. The molecule has 0 heterocycles. The van der Waals surface area contributed by atoms with E-state index < -0.39 is 0 Å². The largest absolute Gasteiger partial charge is 0.507 e. The molecule has 136 valence electrons. The summed E-state index contributed by atoms with van der Waals surface area (Å²) in [6, 6.07) is 14.2. The minimum Gasteiger partial charge on any atom is -0.507 e. The second-order valence-corrected chi connectivity index (χ2v) is 5.99. The Balaban J connectivity index is 2.13. The number of phenolic OH excluding ortho intramolecular Hbond substituents is 1. The zero-order valence-electron chi connectivity index (χ0n) is 14.7. The number of nitrogens with zero attached hydrogens (tertiary/aromatic N) is 1. The lowest BCUT2D eigenvalue weighted by Crippen LogP contribution is -2.26. The fraction of sp³-hybridized carbons (Fsp3) is 0.150. The van der Waals surface area contributed by atoms with Gasteiger partial charge < -0.3 is 27.2 Å². The highest BCUT2D eigenvalue weighted by Gasteiger charge is 2.10. The summed E-state index contributed by atoms with van der Waals surface area (Å²) in [6.07, 6.45) is 3.22. The van der Waals surface area contributed by atoms with Crippen molar-refractivity contribution in [3.8, 4) is 5.75 Å². The molecule has 0 aliphatic heterocycles. The molecule has 2 aromatic carbocycles. The van der Waals surface area contributed by atoms with E-state index in [9.17, 15) is 9.90 Å². The number of nitrogens with two attached hydrogens (primary N) is 3. The second-order valence-electron chi connectivity index (χ2n) is 5.99. The number of carbonyl (C=O) groups is 1. The summed E-state index contributed by atoms with van der Waals surface area (Å²) in [7, 11) is 1.86. The summed E-state index contributed by atoms with van der Waals surface area (Å²) >= 11 is 0. The van der Waals surface area contributed by atoms with Crippen LogP contribution in [0.5, 0.6) is 5.75 Å². The third-order valence-electron chi connectivity index (χ3n) is 4.07. The van der Waals surface area contributed by atoms with E-state index in [1.165, 1.54) is 0 Å². The van der Waals surface area contributed by atoms with Crippen molar-refractivity contribution in [3.63, 3.8) is 0 Å². The van der Waals surface area contributed by atoms with Gasteiger partial charge in [0.1, 0.15) is 17.9 Å². The Morgan fingerprint density at radius 1 is 1.08 bits per heavy atom. The molecular formula is C20H24N4O2. The number of likely N-dealkylation sites (N-methyl/N-ethyl adjacent to an activating group) is 1. The fourth-order valence-electron chi connectivity index (χ4n) is 2.54. The van der Waals surface area contributed by atoms with Crippen molar-refractivity contribution in [3.05, 3.63) is 82.8 Å². The molecule has 0 bridgehead atoms. The summed E-state index contributed by atoms with van der Waals surface area (Å²) in [5.41, 5.74) is 21.0. The smallest absolute Gasteiger partial charge is 0.150 e. The normalized spacial score (nSPS) is 11.0. The van der Waals surface area contributed by atoms with Gasteiger partial charge in [-0.05, 0) is 30.2 Å². The minimum atomic E-state index is 0.0918. The molecule has 0 spiro atoms. The number of allylic oxidation sites excluding steroid dienone is 1. The zero-order valence-corrected chi connectivity index (χ0v) is 14.7. The van der Waals surface area contributed by atoms with Crippen LogP contribution in [-0.4, -0.2) is 29.9 Å². The van der Waals surface area contributed by atoms with E-state index in [0.29, 0.717) is 29.1 Å². The Morgan fingerprint density at radius 3 is 2.31 bits per heavy atom. The summed E-state index contributed by atoms with van der Waals surface area (Å²) in [6.45, 7) is 0.651. The van der Waals surface area contributed by atoms with Crippen molar-refractivity contribution in [1.82, 2.24) is 4.90 Å². The highest BCUT2D eigenvalue weighted by atomic mass is 16.3. The van der Waals surface area contributed by atoms with Crippen LogP contribution in [0.2, 0.25) is 0 Å². The summed E-state index contributed by atoms with van der Waals surface area (Å²) in [5.74, 6) is 0.233. The van der Waals surface area contributed by atoms with E-state index in [0.717, 1.165) is 18.3 Å². The van der Waals surface area contributed by atoms with Crippen LogP contribution in [0, 0.1) is 0 Å². The van der Waals surface area contributed by atoms with E-state index in [4.69, 9.17) is 17.2 Å². The predicted molar refractivity (Wildman–Crippen MR) is 104 cm³/mol. The lowest BCUT2D eigenvalue weighted by Gasteiger charge is -2.22. The van der Waals surface area contributed by atoms with Gasteiger partial charge in [-0.15, -0.1) is 0 Å². The van der Waals surface area contributed by atoms with Gasteiger partial charge in [-0.1, -0.05) is 36.4 Å². The summed E-state index contributed by atoms with van der Waals surface area (Å²) in [5, 5.41) is 9.93. The van der Waals surface area contributed by atoms with E-state index in [1.54, 1.807) is 42.5 Å². The Bertz CT molecular complexity index is 822. The van der Waals surface area contributed by atoms with E-state index in [-0.39, 0.29) is 11.6 Å². The maximum absolute atomic E-state index is 10.7. The average Bonchev–Trinajstić information content (AvgIpc) is 2.64. The number of phenols is 1. The molecule has 0 aliphatic rings.